The molecule has 0 saturated heterocycles. The smallest absolute Gasteiger partial charge is 0.488 e. The Hall–Kier alpha value is -0.645. The fourth-order valence-corrected chi connectivity index (χ4v) is 2.71. The molecular formula is C13H21BO3S. The summed E-state index contributed by atoms with van der Waals surface area (Å²) >= 11 is 1.85. The summed E-state index contributed by atoms with van der Waals surface area (Å²) in [5, 5.41) is 18.3. The molecule has 0 spiro atoms. The maximum absolute atomic E-state index is 9.16. The quantitative estimate of drug-likeness (QED) is 0.557. The van der Waals surface area contributed by atoms with Crippen molar-refractivity contribution in [1.82, 2.24) is 0 Å². The van der Waals surface area contributed by atoms with Crippen molar-refractivity contribution in [2.45, 2.75) is 31.9 Å². The average molecular weight is 268 g/mol. The Morgan fingerprint density at radius 1 is 1.28 bits per heavy atom. The van der Waals surface area contributed by atoms with E-state index in [0.29, 0.717) is 5.46 Å². The summed E-state index contributed by atoms with van der Waals surface area (Å²) in [6, 6.07) is 5.27. The topological polar surface area (TPSA) is 49.7 Å². The zero-order chi connectivity index (χ0) is 13.4. The van der Waals surface area contributed by atoms with E-state index in [2.05, 4.69) is 6.92 Å². The summed E-state index contributed by atoms with van der Waals surface area (Å²) < 4.78 is 5.28. The van der Waals surface area contributed by atoms with Crippen LogP contribution in [0, 0.1) is 0 Å². The van der Waals surface area contributed by atoms with Gasteiger partial charge >= 0.3 is 7.12 Å². The maximum Gasteiger partial charge on any atom is 0.488 e. The van der Waals surface area contributed by atoms with Crippen molar-refractivity contribution in [3.05, 3.63) is 23.8 Å². The highest BCUT2D eigenvalue weighted by atomic mass is 32.2. The molecule has 0 aliphatic carbocycles. The van der Waals surface area contributed by atoms with Crippen LogP contribution in [-0.2, 0) is 5.75 Å². The van der Waals surface area contributed by atoms with E-state index in [4.69, 9.17) is 14.8 Å². The van der Waals surface area contributed by atoms with Crippen LogP contribution in [0.15, 0.2) is 18.2 Å². The van der Waals surface area contributed by atoms with E-state index < -0.39 is 7.12 Å². The lowest BCUT2D eigenvalue weighted by molar-refractivity contribution is 0.410. The van der Waals surface area contributed by atoms with Gasteiger partial charge < -0.3 is 14.8 Å². The first-order chi connectivity index (χ1) is 8.69. The first-order valence-electron chi connectivity index (χ1n) is 6.29. The summed E-state index contributed by atoms with van der Waals surface area (Å²) in [6.45, 7) is 2.19. The van der Waals surface area contributed by atoms with E-state index in [1.165, 1.54) is 19.3 Å². The van der Waals surface area contributed by atoms with Crippen molar-refractivity contribution in [2.24, 2.45) is 0 Å². The third-order valence-electron chi connectivity index (χ3n) is 2.75. The molecule has 5 heteroatoms. The molecule has 0 aliphatic rings. The van der Waals surface area contributed by atoms with Crippen LogP contribution in [0.1, 0.15) is 31.7 Å². The normalized spacial score (nSPS) is 10.4. The van der Waals surface area contributed by atoms with E-state index in [0.717, 1.165) is 22.8 Å². The molecule has 0 heterocycles. The van der Waals surface area contributed by atoms with Crippen LogP contribution in [0.3, 0.4) is 0 Å². The predicted molar refractivity (Wildman–Crippen MR) is 78.5 cm³/mol. The SMILES string of the molecule is CCCCCSCc1cc(B(O)O)ccc1OC. The first kappa shape index (κ1) is 15.4. The number of ether oxygens (including phenoxy) is 1. The molecule has 1 aromatic rings. The molecule has 0 unspecified atom stereocenters. The molecule has 2 N–H and O–H groups in total. The number of thioether (sulfide) groups is 1. The van der Waals surface area contributed by atoms with Crippen molar-refractivity contribution >= 4 is 24.3 Å². The Bertz CT molecular complexity index is 358. The fourth-order valence-electron chi connectivity index (χ4n) is 1.71. The lowest BCUT2D eigenvalue weighted by Crippen LogP contribution is -2.30. The minimum atomic E-state index is -1.42. The van der Waals surface area contributed by atoms with Crippen molar-refractivity contribution in [1.29, 1.82) is 0 Å². The van der Waals surface area contributed by atoms with Crippen LogP contribution in [0.25, 0.3) is 0 Å². The van der Waals surface area contributed by atoms with Gasteiger partial charge in [0.15, 0.2) is 0 Å². The predicted octanol–water partition coefficient (Wildman–Crippen LogP) is 1.80. The summed E-state index contributed by atoms with van der Waals surface area (Å²) in [4.78, 5) is 0. The highest BCUT2D eigenvalue weighted by Crippen LogP contribution is 2.22. The molecule has 1 rings (SSSR count). The Labute approximate surface area is 114 Å². The first-order valence-corrected chi connectivity index (χ1v) is 7.45. The molecule has 0 amide bonds. The van der Waals surface area contributed by atoms with Crippen molar-refractivity contribution in [2.75, 3.05) is 12.9 Å². The number of rotatable bonds is 8. The van der Waals surface area contributed by atoms with Crippen LogP contribution >= 0.6 is 11.8 Å². The van der Waals surface area contributed by atoms with Gasteiger partial charge in [0.05, 0.1) is 7.11 Å². The van der Waals surface area contributed by atoms with E-state index >= 15 is 0 Å². The molecular weight excluding hydrogens is 247 g/mol. The lowest BCUT2D eigenvalue weighted by atomic mass is 9.79. The van der Waals surface area contributed by atoms with Gasteiger partial charge in [-0.15, -0.1) is 0 Å². The monoisotopic (exact) mass is 268 g/mol. The van der Waals surface area contributed by atoms with Gasteiger partial charge in [-0.05, 0) is 23.7 Å². The molecule has 18 heavy (non-hydrogen) atoms. The number of unbranched alkanes of at least 4 members (excludes halogenated alkanes) is 2. The fraction of sp³-hybridized carbons (Fsp3) is 0.538. The van der Waals surface area contributed by atoms with Gasteiger partial charge in [0.1, 0.15) is 5.75 Å². The Morgan fingerprint density at radius 3 is 2.67 bits per heavy atom. The van der Waals surface area contributed by atoms with Gasteiger partial charge in [-0.25, -0.2) is 0 Å². The summed E-state index contributed by atoms with van der Waals surface area (Å²) in [5.74, 6) is 2.78. The van der Waals surface area contributed by atoms with Crippen molar-refractivity contribution < 1.29 is 14.8 Å². The Kier molecular flexibility index (Phi) is 7.24. The van der Waals surface area contributed by atoms with E-state index in [-0.39, 0.29) is 0 Å². The highest BCUT2D eigenvalue weighted by molar-refractivity contribution is 7.98. The number of benzene rings is 1. The minimum absolute atomic E-state index is 0.514. The van der Waals surface area contributed by atoms with Crippen molar-refractivity contribution in [3.63, 3.8) is 0 Å². The molecule has 0 radical (unpaired) electrons. The zero-order valence-electron chi connectivity index (χ0n) is 11.1. The summed E-state index contributed by atoms with van der Waals surface area (Å²) in [6.07, 6.45) is 3.72. The molecule has 100 valence electrons. The second-order valence-corrected chi connectivity index (χ2v) is 5.31. The molecule has 0 fully saturated rings. The van der Waals surface area contributed by atoms with Crippen LogP contribution in [0.4, 0.5) is 0 Å². The highest BCUT2D eigenvalue weighted by Gasteiger charge is 2.13. The molecule has 3 nitrogen and oxygen atoms in total. The Morgan fingerprint density at radius 2 is 2.06 bits per heavy atom. The Balaban J connectivity index is 2.58. The third-order valence-corrected chi connectivity index (χ3v) is 3.84. The van der Waals surface area contributed by atoms with E-state index in [1.54, 1.807) is 25.3 Å². The second-order valence-electron chi connectivity index (χ2n) is 4.20. The van der Waals surface area contributed by atoms with Gasteiger partial charge in [-0.1, -0.05) is 31.9 Å². The summed E-state index contributed by atoms with van der Waals surface area (Å²) in [5.41, 5.74) is 1.53. The maximum atomic E-state index is 9.16. The average Bonchev–Trinajstić information content (AvgIpc) is 2.38. The molecule has 1 aromatic carbocycles. The molecule has 0 bridgehead atoms. The molecule has 0 aromatic heterocycles. The van der Waals surface area contributed by atoms with Gasteiger partial charge in [0.25, 0.3) is 0 Å². The van der Waals surface area contributed by atoms with Crippen molar-refractivity contribution in [3.8, 4) is 5.75 Å². The van der Waals surface area contributed by atoms with Gasteiger partial charge in [0.2, 0.25) is 0 Å². The van der Waals surface area contributed by atoms with E-state index in [1.807, 2.05) is 11.8 Å². The minimum Gasteiger partial charge on any atom is -0.496 e. The van der Waals surface area contributed by atoms with Gasteiger partial charge in [-0.3, -0.25) is 0 Å². The van der Waals surface area contributed by atoms with E-state index in [9.17, 15) is 0 Å². The number of methoxy groups -OCH3 is 1. The molecule has 0 aliphatic heterocycles. The van der Waals surface area contributed by atoms with Gasteiger partial charge in [-0.2, -0.15) is 11.8 Å². The standard InChI is InChI=1S/C13H21BO3S/c1-3-4-5-8-18-10-11-9-12(14(15)16)6-7-13(11)17-2/h6-7,9,15-16H,3-5,8,10H2,1-2H3. The molecule has 0 atom stereocenters. The lowest BCUT2D eigenvalue weighted by Gasteiger charge is -2.10. The number of hydrogen-bond donors (Lipinski definition) is 2. The largest absolute Gasteiger partial charge is 0.496 e. The third kappa shape index (κ3) is 4.92. The van der Waals surface area contributed by atoms with Crippen LogP contribution in [0.2, 0.25) is 0 Å². The van der Waals surface area contributed by atoms with Gasteiger partial charge in [0, 0.05) is 11.3 Å². The second kappa shape index (κ2) is 8.46. The van der Waals surface area contributed by atoms with Crippen LogP contribution < -0.4 is 10.2 Å². The molecule has 0 saturated carbocycles. The van der Waals surface area contributed by atoms with Crippen LogP contribution in [-0.4, -0.2) is 30.0 Å². The zero-order valence-corrected chi connectivity index (χ0v) is 11.9. The van der Waals surface area contributed by atoms with Crippen LogP contribution in [0.5, 0.6) is 5.75 Å². The number of hydrogen-bond acceptors (Lipinski definition) is 4. The summed E-state index contributed by atoms with van der Waals surface area (Å²) in [7, 11) is 0.218.